The standard InChI is InChI=1S/C15H24N2O3/c18-14(19)12-2-1-7-17(9-12)15(20)16-13-8-10-3-5-11(13)6-4-10/h10-13H,1-9H2,(H,16,20)(H,18,19). The van der Waals surface area contributed by atoms with Crippen LogP contribution >= 0.6 is 0 Å². The zero-order valence-corrected chi connectivity index (χ0v) is 11.9. The summed E-state index contributed by atoms with van der Waals surface area (Å²) in [6, 6.07) is 0.272. The molecule has 2 atom stereocenters. The second-order valence-electron chi connectivity index (χ2n) is 6.70. The Kier molecular flexibility index (Phi) is 3.85. The Balaban J connectivity index is 1.55. The van der Waals surface area contributed by atoms with Gasteiger partial charge in [0.05, 0.1) is 5.92 Å². The van der Waals surface area contributed by atoms with Crippen molar-refractivity contribution >= 4 is 12.0 Å². The summed E-state index contributed by atoms with van der Waals surface area (Å²) in [5.41, 5.74) is 0. The number of likely N-dealkylation sites (tertiary alicyclic amines) is 1. The summed E-state index contributed by atoms with van der Waals surface area (Å²) in [5, 5.41) is 12.3. The second kappa shape index (κ2) is 5.62. The fourth-order valence-corrected chi connectivity index (χ4v) is 4.17. The van der Waals surface area contributed by atoms with Crippen LogP contribution in [0.3, 0.4) is 0 Å². The van der Waals surface area contributed by atoms with Gasteiger partial charge >= 0.3 is 12.0 Å². The molecule has 1 aliphatic heterocycles. The molecule has 112 valence electrons. The van der Waals surface area contributed by atoms with Gasteiger partial charge in [-0.2, -0.15) is 0 Å². The first kappa shape index (κ1) is 13.7. The number of piperidine rings is 1. The molecule has 0 aromatic rings. The summed E-state index contributed by atoms with van der Waals surface area (Å²) in [4.78, 5) is 25.1. The van der Waals surface area contributed by atoms with Crippen LogP contribution in [0, 0.1) is 17.8 Å². The maximum atomic E-state index is 12.3. The van der Waals surface area contributed by atoms with Gasteiger partial charge < -0.3 is 15.3 Å². The van der Waals surface area contributed by atoms with Gasteiger partial charge in [0.25, 0.3) is 0 Å². The Labute approximate surface area is 119 Å². The molecule has 1 saturated heterocycles. The largest absolute Gasteiger partial charge is 0.481 e. The monoisotopic (exact) mass is 280 g/mol. The number of carbonyl (C=O) groups is 2. The minimum absolute atomic E-state index is 0.0477. The summed E-state index contributed by atoms with van der Waals surface area (Å²) >= 11 is 0. The molecule has 5 nitrogen and oxygen atoms in total. The zero-order chi connectivity index (χ0) is 14.1. The lowest BCUT2D eigenvalue weighted by Crippen LogP contribution is -2.53. The number of rotatable bonds is 2. The van der Waals surface area contributed by atoms with E-state index in [1.165, 1.54) is 25.7 Å². The van der Waals surface area contributed by atoms with Crippen LogP contribution in [0.5, 0.6) is 0 Å². The highest BCUT2D eigenvalue weighted by Gasteiger charge is 2.37. The molecule has 2 bridgehead atoms. The van der Waals surface area contributed by atoms with Gasteiger partial charge in [0.15, 0.2) is 0 Å². The lowest BCUT2D eigenvalue weighted by atomic mass is 9.68. The van der Waals surface area contributed by atoms with Gasteiger partial charge in [-0.15, -0.1) is 0 Å². The van der Waals surface area contributed by atoms with Crippen LogP contribution < -0.4 is 5.32 Å². The van der Waals surface area contributed by atoms with Crippen molar-refractivity contribution in [3.8, 4) is 0 Å². The van der Waals surface area contributed by atoms with Crippen molar-refractivity contribution in [2.45, 2.75) is 51.0 Å². The number of amides is 2. The molecule has 2 unspecified atom stereocenters. The summed E-state index contributed by atoms with van der Waals surface area (Å²) in [6.07, 6.45) is 7.73. The first-order chi connectivity index (χ1) is 9.63. The molecular weight excluding hydrogens is 256 g/mol. The Bertz CT molecular complexity index is 391. The van der Waals surface area contributed by atoms with Crippen molar-refractivity contribution in [1.29, 1.82) is 0 Å². The highest BCUT2D eigenvalue weighted by atomic mass is 16.4. The van der Waals surface area contributed by atoms with Gasteiger partial charge in [0, 0.05) is 19.1 Å². The van der Waals surface area contributed by atoms with Gasteiger partial charge in [0.2, 0.25) is 0 Å². The molecule has 2 N–H and O–H groups in total. The number of aliphatic carboxylic acids is 1. The zero-order valence-electron chi connectivity index (χ0n) is 11.9. The molecule has 20 heavy (non-hydrogen) atoms. The van der Waals surface area contributed by atoms with Gasteiger partial charge in [-0.25, -0.2) is 4.79 Å². The van der Waals surface area contributed by atoms with Gasteiger partial charge in [-0.1, -0.05) is 12.8 Å². The predicted molar refractivity (Wildman–Crippen MR) is 74.3 cm³/mol. The fourth-order valence-electron chi connectivity index (χ4n) is 4.17. The molecule has 3 saturated carbocycles. The fraction of sp³-hybridized carbons (Fsp3) is 0.867. The molecule has 3 aliphatic carbocycles. The minimum Gasteiger partial charge on any atom is -0.481 e. The lowest BCUT2D eigenvalue weighted by molar-refractivity contribution is -0.143. The van der Waals surface area contributed by atoms with E-state index in [9.17, 15) is 9.59 Å². The summed E-state index contributed by atoms with van der Waals surface area (Å²) in [5.74, 6) is 0.263. The quantitative estimate of drug-likeness (QED) is 0.813. The third-order valence-electron chi connectivity index (χ3n) is 5.41. The van der Waals surface area contributed by atoms with Crippen LogP contribution in [0.15, 0.2) is 0 Å². The Morgan fingerprint density at radius 3 is 2.45 bits per heavy atom. The molecule has 5 heteroatoms. The molecule has 4 aliphatic rings. The van der Waals surface area contributed by atoms with Gasteiger partial charge in [-0.05, 0) is 43.9 Å². The van der Waals surface area contributed by atoms with Crippen molar-refractivity contribution in [2.24, 2.45) is 17.8 Å². The van der Waals surface area contributed by atoms with Crippen LogP contribution in [0.1, 0.15) is 44.9 Å². The summed E-state index contributed by atoms with van der Waals surface area (Å²) in [6.45, 7) is 1.05. The topological polar surface area (TPSA) is 69.6 Å². The van der Waals surface area contributed by atoms with E-state index in [-0.39, 0.29) is 6.03 Å². The van der Waals surface area contributed by atoms with Crippen molar-refractivity contribution in [3.05, 3.63) is 0 Å². The van der Waals surface area contributed by atoms with E-state index in [1.54, 1.807) is 4.90 Å². The van der Waals surface area contributed by atoms with Crippen LogP contribution in [-0.4, -0.2) is 41.1 Å². The van der Waals surface area contributed by atoms with E-state index in [2.05, 4.69) is 5.32 Å². The molecule has 0 spiro atoms. The van der Waals surface area contributed by atoms with Crippen LogP contribution in [-0.2, 0) is 4.79 Å². The maximum Gasteiger partial charge on any atom is 0.317 e. The number of fused-ring (bicyclic) bond motifs is 3. The Morgan fingerprint density at radius 1 is 1.10 bits per heavy atom. The molecule has 0 aromatic heterocycles. The van der Waals surface area contributed by atoms with Gasteiger partial charge in [-0.3, -0.25) is 4.79 Å². The highest BCUT2D eigenvalue weighted by Crippen LogP contribution is 2.41. The van der Waals surface area contributed by atoms with Gasteiger partial charge in [0.1, 0.15) is 0 Å². The number of nitrogens with one attached hydrogen (secondary N) is 1. The lowest BCUT2D eigenvalue weighted by Gasteiger charge is -2.43. The van der Waals surface area contributed by atoms with Crippen LogP contribution in [0.2, 0.25) is 0 Å². The predicted octanol–water partition coefficient (Wildman–Crippen LogP) is 2.07. The number of nitrogens with zero attached hydrogens (tertiary/aromatic N) is 1. The van der Waals surface area contributed by atoms with E-state index in [4.69, 9.17) is 5.11 Å². The Hall–Kier alpha value is -1.26. The van der Waals surface area contributed by atoms with E-state index in [0.717, 1.165) is 18.8 Å². The molecule has 0 aromatic carbocycles. The normalized spacial score (nSPS) is 36.7. The average molecular weight is 280 g/mol. The second-order valence-corrected chi connectivity index (χ2v) is 6.70. The number of hydrogen-bond donors (Lipinski definition) is 2. The molecule has 4 fully saturated rings. The third-order valence-corrected chi connectivity index (χ3v) is 5.41. The van der Waals surface area contributed by atoms with Crippen LogP contribution in [0.4, 0.5) is 4.79 Å². The molecule has 2 amide bonds. The number of urea groups is 1. The van der Waals surface area contributed by atoms with E-state index in [1.807, 2.05) is 0 Å². The Morgan fingerprint density at radius 2 is 1.85 bits per heavy atom. The molecule has 4 rings (SSSR count). The summed E-state index contributed by atoms with van der Waals surface area (Å²) in [7, 11) is 0. The minimum atomic E-state index is -0.778. The van der Waals surface area contributed by atoms with Crippen molar-refractivity contribution in [2.75, 3.05) is 13.1 Å². The first-order valence-corrected chi connectivity index (χ1v) is 7.91. The van der Waals surface area contributed by atoms with Crippen molar-refractivity contribution < 1.29 is 14.7 Å². The maximum absolute atomic E-state index is 12.3. The molecule has 1 heterocycles. The molecular formula is C15H24N2O3. The third kappa shape index (κ3) is 2.76. The van der Waals surface area contributed by atoms with Crippen LogP contribution in [0.25, 0.3) is 0 Å². The van der Waals surface area contributed by atoms with E-state index >= 15 is 0 Å². The average Bonchev–Trinajstić information content (AvgIpc) is 2.48. The van der Waals surface area contributed by atoms with E-state index in [0.29, 0.717) is 31.5 Å². The SMILES string of the molecule is O=C(O)C1CCCN(C(=O)NC2CC3CCC2CC3)C1. The van der Waals surface area contributed by atoms with E-state index < -0.39 is 11.9 Å². The summed E-state index contributed by atoms with van der Waals surface area (Å²) < 4.78 is 0. The smallest absolute Gasteiger partial charge is 0.317 e. The van der Waals surface area contributed by atoms with Crippen molar-refractivity contribution in [3.63, 3.8) is 0 Å². The first-order valence-electron chi connectivity index (χ1n) is 7.91. The van der Waals surface area contributed by atoms with Crippen molar-refractivity contribution in [1.82, 2.24) is 10.2 Å². The number of carboxylic acid groups (broad SMARTS) is 1. The highest BCUT2D eigenvalue weighted by molar-refractivity contribution is 5.76. The number of hydrogen-bond acceptors (Lipinski definition) is 2. The number of carbonyl (C=O) groups excluding carboxylic acids is 1. The number of carboxylic acids is 1. The molecule has 0 radical (unpaired) electrons.